The molecule has 0 spiro atoms. The van der Waals surface area contributed by atoms with Gasteiger partial charge in [0.2, 0.25) is 0 Å². The molecule has 19 heavy (non-hydrogen) atoms. The highest BCUT2D eigenvalue weighted by Gasteiger charge is 2.10. The van der Waals surface area contributed by atoms with Crippen LogP contribution < -0.4 is 5.73 Å². The van der Waals surface area contributed by atoms with E-state index in [1.807, 2.05) is 6.20 Å². The van der Waals surface area contributed by atoms with Gasteiger partial charge in [0.25, 0.3) is 0 Å². The molecule has 2 aromatic rings. The molecule has 0 aliphatic heterocycles. The Bertz CT molecular complexity index is 472. The summed E-state index contributed by atoms with van der Waals surface area (Å²) in [7, 11) is 1.73. The lowest BCUT2D eigenvalue weighted by molar-refractivity contribution is 0.141. The molecule has 0 fully saturated rings. The molecule has 0 atom stereocenters. The molecular weight excluding hydrogens is 346 g/mol. The quantitative estimate of drug-likeness (QED) is 0.822. The molecule has 0 unspecified atom stereocenters. The first kappa shape index (κ1) is 14.9. The number of ether oxygens (including phenoxy) is 1. The standard InChI is InChI=1S/C12H16BrN3OS2/c1-17-5-4-16(7-9-2-3-11(13)18-9)8-10-6-15-12(14)19-10/h2-3,6H,4-5,7-8H2,1H3,(H2,14,15). The number of hydrogen-bond donors (Lipinski definition) is 1. The fraction of sp³-hybridized carbons (Fsp3) is 0.417. The topological polar surface area (TPSA) is 51.4 Å². The van der Waals surface area contributed by atoms with Gasteiger partial charge in [0.1, 0.15) is 0 Å². The van der Waals surface area contributed by atoms with Crippen molar-refractivity contribution in [3.8, 4) is 0 Å². The van der Waals surface area contributed by atoms with E-state index in [0.717, 1.165) is 30.0 Å². The third kappa shape index (κ3) is 4.85. The average molecular weight is 362 g/mol. The van der Waals surface area contributed by atoms with Crippen molar-refractivity contribution in [3.63, 3.8) is 0 Å². The molecule has 104 valence electrons. The number of nitrogen functional groups attached to an aromatic ring is 1. The number of rotatable bonds is 7. The number of thiazole rings is 1. The Morgan fingerprint density at radius 3 is 2.68 bits per heavy atom. The van der Waals surface area contributed by atoms with Gasteiger partial charge in [-0.2, -0.15) is 0 Å². The average Bonchev–Trinajstić information content (AvgIpc) is 2.95. The molecule has 2 rings (SSSR count). The Balaban J connectivity index is 1.98. The molecule has 0 saturated heterocycles. The Hall–Kier alpha value is -0.470. The summed E-state index contributed by atoms with van der Waals surface area (Å²) in [6, 6.07) is 4.23. The molecule has 4 nitrogen and oxygen atoms in total. The van der Waals surface area contributed by atoms with Gasteiger partial charge in [0.05, 0.1) is 10.4 Å². The van der Waals surface area contributed by atoms with Crippen LogP contribution in [0.5, 0.6) is 0 Å². The van der Waals surface area contributed by atoms with Gasteiger partial charge in [-0.15, -0.1) is 22.7 Å². The number of nitrogens with two attached hydrogens (primary N) is 1. The molecule has 0 aromatic carbocycles. The lowest BCUT2D eigenvalue weighted by atomic mass is 10.4. The molecule has 2 aromatic heterocycles. The van der Waals surface area contributed by atoms with Crippen molar-refractivity contribution in [1.82, 2.24) is 9.88 Å². The lowest BCUT2D eigenvalue weighted by Gasteiger charge is -2.20. The van der Waals surface area contributed by atoms with Crippen LogP contribution in [0.4, 0.5) is 5.13 Å². The van der Waals surface area contributed by atoms with Crippen molar-refractivity contribution < 1.29 is 4.74 Å². The number of hydrogen-bond acceptors (Lipinski definition) is 6. The Labute approximate surface area is 129 Å². The van der Waals surface area contributed by atoms with Crippen molar-refractivity contribution in [2.75, 3.05) is 26.0 Å². The van der Waals surface area contributed by atoms with Gasteiger partial charge in [0.15, 0.2) is 5.13 Å². The number of anilines is 1. The largest absolute Gasteiger partial charge is 0.383 e. The Morgan fingerprint density at radius 1 is 1.32 bits per heavy atom. The van der Waals surface area contributed by atoms with E-state index in [1.54, 1.807) is 29.8 Å². The predicted molar refractivity (Wildman–Crippen MR) is 84.5 cm³/mol. The molecule has 7 heteroatoms. The fourth-order valence-electron chi connectivity index (χ4n) is 1.71. The molecular formula is C12H16BrN3OS2. The van der Waals surface area contributed by atoms with Crippen LogP contribution >= 0.6 is 38.6 Å². The smallest absolute Gasteiger partial charge is 0.180 e. The zero-order valence-corrected chi connectivity index (χ0v) is 13.9. The Morgan fingerprint density at radius 2 is 2.11 bits per heavy atom. The summed E-state index contributed by atoms with van der Waals surface area (Å²) in [5, 5.41) is 0.626. The molecule has 0 saturated carbocycles. The van der Waals surface area contributed by atoms with Gasteiger partial charge < -0.3 is 10.5 Å². The summed E-state index contributed by atoms with van der Waals surface area (Å²) in [6.07, 6.45) is 1.85. The number of thiophene rings is 1. The van der Waals surface area contributed by atoms with E-state index in [9.17, 15) is 0 Å². The second kappa shape index (κ2) is 7.35. The summed E-state index contributed by atoms with van der Waals surface area (Å²) >= 11 is 6.80. The highest BCUT2D eigenvalue weighted by molar-refractivity contribution is 9.11. The highest BCUT2D eigenvalue weighted by atomic mass is 79.9. The van der Waals surface area contributed by atoms with Crippen LogP contribution in [0.2, 0.25) is 0 Å². The van der Waals surface area contributed by atoms with Gasteiger partial charge >= 0.3 is 0 Å². The molecule has 2 heterocycles. The maximum atomic E-state index is 5.67. The van der Waals surface area contributed by atoms with Crippen LogP contribution in [0.1, 0.15) is 9.75 Å². The maximum Gasteiger partial charge on any atom is 0.180 e. The van der Waals surface area contributed by atoms with Gasteiger partial charge in [0, 0.05) is 42.7 Å². The number of nitrogens with zero attached hydrogens (tertiary/aromatic N) is 2. The number of halogens is 1. The van der Waals surface area contributed by atoms with Crippen molar-refractivity contribution in [2.24, 2.45) is 0 Å². The minimum absolute atomic E-state index is 0.626. The van der Waals surface area contributed by atoms with Gasteiger partial charge in [-0.1, -0.05) is 0 Å². The second-order valence-electron chi connectivity index (χ2n) is 4.07. The van der Waals surface area contributed by atoms with Crippen LogP contribution in [0.15, 0.2) is 22.1 Å². The SMILES string of the molecule is COCCN(Cc1ccc(Br)s1)Cc1cnc(N)s1. The van der Waals surface area contributed by atoms with Crippen LogP contribution in [-0.4, -0.2) is 30.1 Å². The molecule has 0 amide bonds. The molecule has 0 aliphatic carbocycles. The summed E-state index contributed by atoms with van der Waals surface area (Å²) in [5.41, 5.74) is 5.67. The number of methoxy groups -OCH3 is 1. The third-order valence-electron chi connectivity index (χ3n) is 2.57. The minimum atomic E-state index is 0.626. The van der Waals surface area contributed by atoms with E-state index in [4.69, 9.17) is 10.5 Å². The normalized spacial score (nSPS) is 11.3. The van der Waals surface area contributed by atoms with Crippen LogP contribution in [0.25, 0.3) is 0 Å². The summed E-state index contributed by atoms with van der Waals surface area (Å²) in [6.45, 7) is 3.38. The van der Waals surface area contributed by atoms with Gasteiger partial charge in [-0.3, -0.25) is 4.90 Å². The first-order valence-corrected chi connectivity index (χ1v) is 8.25. The zero-order chi connectivity index (χ0) is 13.7. The van der Waals surface area contributed by atoms with Crippen LogP contribution in [0, 0.1) is 0 Å². The van der Waals surface area contributed by atoms with Crippen molar-refractivity contribution in [3.05, 3.63) is 31.9 Å². The molecule has 0 bridgehead atoms. The monoisotopic (exact) mass is 361 g/mol. The molecule has 2 N–H and O–H groups in total. The predicted octanol–water partition coefficient (Wildman–Crippen LogP) is 3.20. The van der Waals surface area contributed by atoms with E-state index >= 15 is 0 Å². The van der Waals surface area contributed by atoms with E-state index in [-0.39, 0.29) is 0 Å². The summed E-state index contributed by atoms with van der Waals surface area (Å²) in [5.74, 6) is 0. The van der Waals surface area contributed by atoms with Crippen molar-refractivity contribution in [2.45, 2.75) is 13.1 Å². The van der Waals surface area contributed by atoms with Gasteiger partial charge in [-0.05, 0) is 28.1 Å². The van der Waals surface area contributed by atoms with E-state index in [0.29, 0.717) is 5.13 Å². The zero-order valence-electron chi connectivity index (χ0n) is 10.6. The lowest BCUT2D eigenvalue weighted by Crippen LogP contribution is -2.25. The summed E-state index contributed by atoms with van der Waals surface area (Å²) < 4.78 is 6.34. The minimum Gasteiger partial charge on any atom is -0.383 e. The summed E-state index contributed by atoms with van der Waals surface area (Å²) in [4.78, 5) is 8.95. The fourth-order valence-corrected chi connectivity index (χ4v) is 3.96. The van der Waals surface area contributed by atoms with E-state index in [2.05, 4.69) is 37.9 Å². The van der Waals surface area contributed by atoms with E-state index < -0.39 is 0 Å². The third-order valence-corrected chi connectivity index (χ3v) is 4.99. The second-order valence-corrected chi connectivity index (χ2v) is 7.77. The van der Waals surface area contributed by atoms with Gasteiger partial charge in [-0.25, -0.2) is 4.98 Å². The van der Waals surface area contributed by atoms with Crippen molar-refractivity contribution >= 4 is 43.7 Å². The first-order chi connectivity index (χ1) is 9.17. The molecule has 0 radical (unpaired) electrons. The van der Waals surface area contributed by atoms with Crippen LogP contribution in [0.3, 0.4) is 0 Å². The Kier molecular flexibility index (Phi) is 5.77. The van der Waals surface area contributed by atoms with Crippen LogP contribution in [-0.2, 0) is 17.8 Å². The number of aromatic nitrogens is 1. The highest BCUT2D eigenvalue weighted by Crippen LogP contribution is 2.24. The van der Waals surface area contributed by atoms with E-state index in [1.165, 1.54) is 9.75 Å². The molecule has 0 aliphatic rings. The first-order valence-electron chi connectivity index (χ1n) is 5.83. The van der Waals surface area contributed by atoms with Crippen molar-refractivity contribution in [1.29, 1.82) is 0 Å². The maximum absolute atomic E-state index is 5.67.